The molecule has 0 saturated heterocycles. The van der Waals surface area contributed by atoms with E-state index in [2.05, 4.69) is 25.7 Å². The Balaban J connectivity index is 1.38. The first kappa shape index (κ1) is 23.5. The fourth-order valence-corrected chi connectivity index (χ4v) is 4.15. The SMILES string of the molecule is CCC(C)NC(=O)n1nc(-c2ccc(NC(=O)c3cnc4ccccc4n3)cc2O)cc1C1CCC1. The first-order chi connectivity index (χ1) is 17.4. The van der Waals surface area contributed by atoms with E-state index in [-0.39, 0.29) is 29.4 Å². The van der Waals surface area contributed by atoms with Crippen LogP contribution >= 0.6 is 0 Å². The molecule has 0 aliphatic heterocycles. The highest BCUT2D eigenvalue weighted by Gasteiger charge is 2.28. The van der Waals surface area contributed by atoms with Gasteiger partial charge in [0.1, 0.15) is 11.4 Å². The van der Waals surface area contributed by atoms with Gasteiger partial charge in [-0.2, -0.15) is 9.78 Å². The second-order valence-corrected chi connectivity index (χ2v) is 9.18. The molecule has 2 heterocycles. The number of amides is 2. The van der Waals surface area contributed by atoms with Crippen LogP contribution in [0.15, 0.2) is 54.7 Å². The van der Waals surface area contributed by atoms with E-state index in [1.807, 2.05) is 38.1 Å². The fraction of sp³-hybridized carbons (Fsp3) is 0.296. The summed E-state index contributed by atoms with van der Waals surface area (Å²) in [5.74, 6) is -0.207. The third-order valence-corrected chi connectivity index (χ3v) is 6.65. The van der Waals surface area contributed by atoms with E-state index in [0.717, 1.165) is 31.4 Å². The molecule has 2 amide bonds. The van der Waals surface area contributed by atoms with Gasteiger partial charge in [-0.05, 0) is 56.5 Å². The number of rotatable bonds is 6. The number of anilines is 1. The van der Waals surface area contributed by atoms with E-state index >= 15 is 0 Å². The lowest BCUT2D eigenvalue weighted by Crippen LogP contribution is -2.37. The highest BCUT2D eigenvalue weighted by atomic mass is 16.3. The number of carbonyl (C=O) groups excluding carboxylic acids is 2. The van der Waals surface area contributed by atoms with Crippen LogP contribution in [0.1, 0.15) is 61.6 Å². The standard InChI is InChI=1S/C27H28N6O3/c1-3-16(2)29-27(36)33-24(17-7-6-8-17)14-22(32-33)19-12-11-18(13-25(19)34)30-26(35)23-15-28-20-9-4-5-10-21(20)31-23/h4-5,9-17,34H,3,6-8H2,1-2H3,(H,29,36)(H,30,35). The zero-order valence-electron chi connectivity index (χ0n) is 20.2. The van der Waals surface area contributed by atoms with Crippen molar-refractivity contribution in [3.8, 4) is 17.0 Å². The minimum atomic E-state index is -0.432. The van der Waals surface area contributed by atoms with Gasteiger partial charge in [0.05, 0.1) is 28.6 Å². The molecule has 4 aromatic rings. The molecule has 2 aromatic carbocycles. The predicted octanol–water partition coefficient (Wildman–Crippen LogP) is 5.07. The van der Waals surface area contributed by atoms with Crippen molar-refractivity contribution in [3.63, 3.8) is 0 Å². The van der Waals surface area contributed by atoms with E-state index in [1.165, 1.54) is 16.9 Å². The van der Waals surface area contributed by atoms with Crippen LogP contribution in [-0.4, -0.2) is 42.8 Å². The van der Waals surface area contributed by atoms with Gasteiger partial charge in [0.15, 0.2) is 0 Å². The number of aromatic nitrogens is 4. The molecular weight excluding hydrogens is 456 g/mol. The smallest absolute Gasteiger partial charge is 0.342 e. The highest BCUT2D eigenvalue weighted by molar-refractivity contribution is 6.03. The maximum atomic E-state index is 12.9. The second kappa shape index (κ2) is 9.77. The van der Waals surface area contributed by atoms with E-state index < -0.39 is 5.91 Å². The predicted molar refractivity (Wildman–Crippen MR) is 137 cm³/mol. The van der Waals surface area contributed by atoms with Gasteiger partial charge in [0.2, 0.25) is 0 Å². The van der Waals surface area contributed by atoms with Crippen LogP contribution < -0.4 is 10.6 Å². The molecule has 5 rings (SSSR count). The van der Waals surface area contributed by atoms with E-state index in [0.29, 0.717) is 28.0 Å². The maximum Gasteiger partial charge on any atom is 0.342 e. The van der Waals surface area contributed by atoms with Gasteiger partial charge in [-0.25, -0.2) is 9.78 Å². The van der Waals surface area contributed by atoms with Crippen molar-refractivity contribution in [2.24, 2.45) is 0 Å². The zero-order valence-corrected chi connectivity index (χ0v) is 20.2. The number of phenolic OH excluding ortho intramolecular Hbond substituents is 1. The third kappa shape index (κ3) is 4.64. The number of hydrogen-bond donors (Lipinski definition) is 3. The number of aromatic hydroxyl groups is 1. The van der Waals surface area contributed by atoms with Crippen LogP contribution in [0.2, 0.25) is 0 Å². The Hall–Kier alpha value is -4.27. The van der Waals surface area contributed by atoms with Crippen LogP contribution in [0.5, 0.6) is 5.75 Å². The number of phenols is 1. The number of hydrogen-bond acceptors (Lipinski definition) is 6. The Morgan fingerprint density at radius 3 is 2.61 bits per heavy atom. The Morgan fingerprint density at radius 1 is 1.14 bits per heavy atom. The summed E-state index contributed by atoms with van der Waals surface area (Å²) in [6.45, 7) is 3.96. The molecule has 9 heteroatoms. The molecule has 9 nitrogen and oxygen atoms in total. The molecule has 2 aromatic heterocycles. The van der Waals surface area contributed by atoms with Gasteiger partial charge in [-0.1, -0.05) is 25.5 Å². The summed E-state index contributed by atoms with van der Waals surface area (Å²) in [4.78, 5) is 34.2. The summed E-state index contributed by atoms with van der Waals surface area (Å²) in [6, 6.07) is 13.8. The normalized spacial score (nSPS) is 14.3. The topological polar surface area (TPSA) is 122 Å². The van der Waals surface area contributed by atoms with Crippen LogP contribution in [0.3, 0.4) is 0 Å². The Labute approximate surface area is 208 Å². The van der Waals surface area contributed by atoms with Crippen LogP contribution in [0.4, 0.5) is 10.5 Å². The number of nitrogens with zero attached hydrogens (tertiary/aromatic N) is 4. The molecule has 1 atom stereocenters. The number of nitrogens with one attached hydrogen (secondary N) is 2. The molecule has 1 saturated carbocycles. The van der Waals surface area contributed by atoms with Gasteiger partial charge < -0.3 is 15.7 Å². The quantitative estimate of drug-likeness (QED) is 0.351. The van der Waals surface area contributed by atoms with Gasteiger partial charge >= 0.3 is 6.03 Å². The number of fused-ring (bicyclic) bond motifs is 1. The maximum absolute atomic E-state index is 12.9. The van der Waals surface area contributed by atoms with Crippen molar-refractivity contribution in [3.05, 3.63) is 66.1 Å². The summed E-state index contributed by atoms with van der Waals surface area (Å²) >= 11 is 0. The molecule has 0 spiro atoms. The highest BCUT2D eigenvalue weighted by Crippen LogP contribution is 2.39. The number of para-hydroxylation sites is 2. The third-order valence-electron chi connectivity index (χ3n) is 6.65. The van der Waals surface area contributed by atoms with Gasteiger partial charge in [0, 0.05) is 29.3 Å². The summed E-state index contributed by atoms with van der Waals surface area (Å²) in [6.07, 6.45) is 5.38. The van der Waals surface area contributed by atoms with Crippen LogP contribution in [0, 0.1) is 0 Å². The number of benzene rings is 2. The minimum absolute atomic E-state index is 0.0305. The lowest BCUT2D eigenvalue weighted by Gasteiger charge is -2.25. The summed E-state index contributed by atoms with van der Waals surface area (Å²) < 4.78 is 1.43. The minimum Gasteiger partial charge on any atom is -0.507 e. The van der Waals surface area contributed by atoms with Crippen molar-refractivity contribution in [1.29, 1.82) is 0 Å². The van der Waals surface area contributed by atoms with Crippen LogP contribution in [0.25, 0.3) is 22.3 Å². The van der Waals surface area contributed by atoms with E-state index in [1.54, 1.807) is 18.2 Å². The van der Waals surface area contributed by atoms with E-state index in [9.17, 15) is 14.7 Å². The average molecular weight is 485 g/mol. The lowest BCUT2D eigenvalue weighted by molar-refractivity contribution is 0.102. The van der Waals surface area contributed by atoms with Crippen molar-refractivity contribution < 1.29 is 14.7 Å². The molecule has 0 bridgehead atoms. The molecular formula is C27H28N6O3. The fourth-order valence-electron chi connectivity index (χ4n) is 4.15. The van der Waals surface area contributed by atoms with Gasteiger partial charge in [0.25, 0.3) is 5.91 Å². The molecule has 1 unspecified atom stereocenters. The van der Waals surface area contributed by atoms with Crippen molar-refractivity contribution in [1.82, 2.24) is 25.1 Å². The molecule has 36 heavy (non-hydrogen) atoms. The first-order valence-electron chi connectivity index (χ1n) is 12.2. The van der Waals surface area contributed by atoms with Gasteiger partial charge in [-0.15, -0.1) is 0 Å². The van der Waals surface area contributed by atoms with Crippen molar-refractivity contribution >= 4 is 28.7 Å². The van der Waals surface area contributed by atoms with Gasteiger partial charge in [-0.3, -0.25) is 9.78 Å². The lowest BCUT2D eigenvalue weighted by atomic mass is 9.82. The summed E-state index contributed by atoms with van der Waals surface area (Å²) in [5, 5.41) is 21.0. The molecule has 1 fully saturated rings. The van der Waals surface area contributed by atoms with Crippen molar-refractivity contribution in [2.45, 2.75) is 51.5 Å². The molecule has 184 valence electrons. The van der Waals surface area contributed by atoms with Crippen molar-refractivity contribution in [2.75, 3.05) is 5.32 Å². The Morgan fingerprint density at radius 2 is 1.92 bits per heavy atom. The number of carbonyl (C=O) groups is 2. The summed E-state index contributed by atoms with van der Waals surface area (Å²) in [7, 11) is 0. The largest absolute Gasteiger partial charge is 0.507 e. The Bertz CT molecular complexity index is 1440. The zero-order chi connectivity index (χ0) is 25.2. The molecule has 0 radical (unpaired) electrons. The van der Waals surface area contributed by atoms with E-state index in [4.69, 9.17) is 0 Å². The summed E-state index contributed by atoms with van der Waals surface area (Å²) in [5.41, 5.74) is 3.75. The molecule has 3 N–H and O–H groups in total. The Kier molecular flexibility index (Phi) is 6.37. The van der Waals surface area contributed by atoms with Crippen LogP contribution in [-0.2, 0) is 0 Å². The molecule has 1 aliphatic carbocycles. The molecule has 1 aliphatic rings. The monoisotopic (exact) mass is 484 g/mol. The first-order valence-corrected chi connectivity index (χ1v) is 12.2. The second-order valence-electron chi connectivity index (χ2n) is 9.18. The average Bonchev–Trinajstić information content (AvgIpc) is 3.27.